The fourth-order valence-corrected chi connectivity index (χ4v) is 3.16. The smallest absolute Gasteiger partial charge is 0.211 e. The number of likely N-dealkylation sites (tertiary alicyclic amines) is 1. The number of piperidine rings is 1. The van der Waals surface area contributed by atoms with E-state index in [1.807, 2.05) is 37.3 Å². The minimum absolute atomic E-state index is 0.138. The van der Waals surface area contributed by atoms with Crippen LogP contribution in [0.15, 0.2) is 40.9 Å². The molecule has 4 heteroatoms. The molecule has 0 aliphatic carbocycles. The Morgan fingerprint density at radius 1 is 1.27 bits per heavy atom. The average Bonchev–Trinajstić information content (AvgIpc) is 3.05. The summed E-state index contributed by atoms with van der Waals surface area (Å²) in [5, 5.41) is 9.83. The van der Waals surface area contributed by atoms with E-state index in [2.05, 4.69) is 16.8 Å². The number of nitrogens with zero attached hydrogens (tertiary/aromatic N) is 2. The zero-order valence-corrected chi connectivity index (χ0v) is 13.3. The van der Waals surface area contributed by atoms with Gasteiger partial charge in [0.25, 0.3) is 0 Å². The summed E-state index contributed by atoms with van der Waals surface area (Å²) < 4.78 is 5.97. The molecule has 0 radical (unpaired) electrons. The molecule has 1 saturated heterocycles. The van der Waals surface area contributed by atoms with E-state index in [1.165, 1.54) is 0 Å². The summed E-state index contributed by atoms with van der Waals surface area (Å²) in [4.78, 5) is 6.83. The van der Waals surface area contributed by atoms with Gasteiger partial charge in [0.05, 0.1) is 18.3 Å². The van der Waals surface area contributed by atoms with Crippen LogP contribution in [0.3, 0.4) is 0 Å². The van der Waals surface area contributed by atoms with Crippen LogP contribution < -0.4 is 0 Å². The first-order chi connectivity index (χ1) is 10.6. The van der Waals surface area contributed by atoms with E-state index in [-0.39, 0.29) is 12.1 Å². The molecule has 4 nitrogen and oxygen atoms in total. The van der Waals surface area contributed by atoms with Gasteiger partial charge in [-0.3, -0.25) is 4.90 Å². The van der Waals surface area contributed by atoms with Crippen LogP contribution in [0.25, 0.3) is 11.3 Å². The molecule has 1 aliphatic heterocycles. The number of aromatic nitrogens is 1. The Kier molecular flexibility index (Phi) is 4.60. The number of rotatable bonds is 4. The van der Waals surface area contributed by atoms with Crippen LogP contribution in [-0.2, 0) is 0 Å². The van der Waals surface area contributed by atoms with Gasteiger partial charge in [0, 0.05) is 12.1 Å². The van der Waals surface area contributed by atoms with E-state index >= 15 is 0 Å². The van der Waals surface area contributed by atoms with E-state index in [4.69, 9.17) is 4.42 Å². The first-order valence-electron chi connectivity index (χ1n) is 8.08. The Balaban J connectivity index is 1.73. The van der Waals surface area contributed by atoms with Gasteiger partial charge in [-0.05, 0) is 39.2 Å². The summed E-state index contributed by atoms with van der Waals surface area (Å²) in [6.07, 6.45) is 3.77. The molecule has 1 aromatic carbocycles. The van der Waals surface area contributed by atoms with E-state index in [1.54, 1.807) is 6.20 Å². The molecule has 2 heterocycles. The standard InChI is InChI=1S/C18H24N2O2/c1-13(20-10-6-9-16(12-20)14(2)21)18-19-11-17(22-18)15-7-4-3-5-8-15/h3-5,7-8,11,13-14,16,21H,6,9-10,12H2,1-2H3. The quantitative estimate of drug-likeness (QED) is 0.939. The largest absolute Gasteiger partial charge is 0.439 e. The maximum Gasteiger partial charge on any atom is 0.211 e. The second kappa shape index (κ2) is 6.63. The zero-order chi connectivity index (χ0) is 15.5. The molecular formula is C18H24N2O2. The van der Waals surface area contributed by atoms with Gasteiger partial charge in [0.1, 0.15) is 0 Å². The van der Waals surface area contributed by atoms with E-state index in [0.29, 0.717) is 5.92 Å². The highest BCUT2D eigenvalue weighted by atomic mass is 16.4. The lowest BCUT2D eigenvalue weighted by Crippen LogP contribution is -2.40. The van der Waals surface area contributed by atoms with Crippen LogP contribution in [0.2, 0.25) is 0 Å². The maximum absolute atomic E-state index is 9.83. The topological polar surface area (TPSA) is 49.5 Å². The zero-order valence-electron chi connectivity index (χ0n) is 13.3. The fraction of sp³-hybridized carbons (Fsp3) is 0.500. The molecule has 2 aromatic rings. The molecule has 3 rings (SSSR count). The summed E-state index contributed by atoms with van der Waals surface area (Å²) in [6, 6.07) is 10.2. The lowest BCUT2D eigenvalue weighted by atomic mass is 9.92. The van der Waals surface area contributed by atoms with E-state index in [0.717, 1.165) is 43.1 Å². The predicted molar refractivity (Wildman–Crippen MR) is 86.3 cm³/mol. The number of aliphatic hydroxyl groups is 1. The number of aliphatic hydroxyl groups excluding tert-OH is 1. The third kappa shape index (κ3) is 3.23. The molecule has 0 bridgehead atoms. The van der Waals surface area contributed by atoms with Gasteiger partial charge in [-0.15, -0.1) is 0 Å². The van der Waals surface area contributed by atoms with Crippen molar-refractivity contribution in [2.45, 2.75) is 38.8 Å². The average molecular weight is 300 g/mol. The van der Waals surface area contributed by atoms with Gasteiger partial charge < -0.3 is 9.52 Å². The number of oxazole rings is 1. The summed E-state index contributed by atoms with van der Waals surface area (Å²) in [5.74, 6) is 1.91. The van der Waals surface area contributed by atoms with Gasteiger partial charge in [0.15, 0.2) is 5.76 Å². The Bertz CT molecular complexity index is 594. The van der Waals surface area contributed by atoms with Gasteiger partial charge in [-0.2, -0.15) is 0 Å². The van der Waals surface area contributed by atoms with Crippen LogP contribution in [0.1, 0.15) is 38.6 Å². The number of hydrogen-bond acceptors (Lipinski definition) is 4. The van der Waals surface area contributed by atoms with Gasteiger partial charge in [0.2, 0.25) is 5.89 Å². The highest BCUT2D eigenvalue weighted by Gasteiger charge is 2.28. The molecule has 1 aliphatic rings. The summed E-state index contributed by atoms with van der Waals surface area (Å²) in [6.45, 7) is 5.96. The Morgan fingerprint density at radius 3 is 2.77 bits per heavy atom. The minimum atomic E-state index is -0.251. The Morgan fingerprint density at radius 2 is 2.05 bits per heavy atom. The monoisotopic (exact) mass is 300 g/mol. The molecule has 118 valence electrons. The molecule has 3 atom stereocenters. The molecule has 1 fully saturated rings. The highest BCUT2D eigenvalue weighted by molar-refractivity contribution is 5.55. The summed E-state index contributed by atoms with van der Waals surface area (Å²) in [7, 11) is 0. The van der Waals surface area contributed by atoms with Crippen molar-refractivity contribution in [2.75, 3.05) is 13.1 Å². The normalized spacial score (nSPS) is 22.4. The van der Waals surface area contributed by atoms with Gasteiger partial charge in [-0.1, -0.05) is 30.3 Å². The van der Waals surface area contributed by atoms with Crippen LogP contribution in [0.4, 0.5) is 0 Å². The van der Waals surface area contributed by atoms with Crippen LogP contribution in [0, 0.1) is 5.92 Å². The lowest BCUT2D eigenvalue weighted by Gasteiger charge is -2.36. The molecule has 22 heavy (non-hydrogen) atoms. The second-order valence-corrected chi connectivity index (χ2v) is 6.24. The van der Waals surface area contributed by atoms with Crippen molar-refractivity contribution in [3.05, 3.63) is 42.4 Å². The second-order valence-electron chi connectivity index (χ2n) is 6.24. The number of benzene rings is 1. The van der Waals surface area contributed by atoms with Crippen LogP contribution in [0.5, 0.6) is 0 Å². The van der Waals surface area contributed by atoms with Gasteiger partial charge >= 0.3 is 0 Å². The van der Waals surface area contributed by atoms with E-state index in [9.17, 15) is 5.11 Å². The van der Waals surface area contributed by atoms with Crippen molar-refractivity contribution < 1.29 is 9.52 Å². The van der Waals surface area contributed by atoms with Crippen LogP contribution >= 0.6 is 0 Å². The van der Waals surface area contributed by atoms with Crippen molar-refractivity contribution in [1.82, 2.24) is 9.88 Å². The Hall–Kier alpha value is -1.65. The molecule has 1 N–H and O–H groups in total. The Labute approximate surface area is 131 Å². The van der Waals surface area contributed by atoms with Crippen molar-refractivity contribution >= 4 is 0 Å². The fourth-order valence-electron chi connectivity index (χ4n) is 3.16. The third-order valence-corrected chi connectivity index (χ3v) is 4.66. The maximum atomic E-state index is 9.83. The lowest BCUT2D eigenvalue weighted by molar-refractivity contribution is 0.0418. The van der Waals surface area contributed by atoms with Gasteiger partial charge in [-0.25, -0.2) is 4.98 Å². The molecule has 0 saturated carbocycles. The molecule has 0 spiro atoms. The highest BCUT2D eigenvalue weighted by Crippen LogP contribution is 2.29. The first-order valence-corrected chi connectivity index (χ1v) is 8.08. The van der Waals surface area contributed by atoms with Crippen molar-refractivity contribution in [2.24, 2.45) is 5.92 Å². The molecule has 3 unspecified atom stereocenters. The predicted octanol–water partition coefficient (Wildman–Crippen LogP) is 3.50. The SMILES string of the molecule is CC(O)C1CCCN(C(C)c2ncc(-c3ccccc3)o2)C1. The number of hydrogen-bond donors (Lipinski definition) is 1. The summed E-state index contributed by atoms with van der Waals surface area (Å²) >= 11 is 0. The summed E-state index contributed by atoms with van der Waals surface area (Å²) in [5.41, 5.74) is 1.05. The molecular weight excluding hydrogens is 276 g/mol. The third-order valence-electron chi connectivity index (χ3n) is 4.66. The molecule has 0 amide bonds. The van der Waals surface area contributed by atoms with Crippen molar-refractivity contribution in [3.8, 4) is 11.3 Å². The minimum Gasteiger partial charge on any atom is -0.439 e. The molecule has 1 aromatic heterocycles. The van der Waals surface area contributed by atoms with E-state index < -0.39 is 0 Å². The first kappa shape index (κ1) is 15.3. The van der Waals surface area contributed by atoms with Crippen LogP contribution in [-0.4, -0.2) is 34.2 Å². The van der Waals surface area contributed by atoms with Crippen molar-refractivity contribution in [3.63, 3.8) is 0 Å². The van der Waals surface area contributed by atoms with Crippen molar-refractivity contribution in [1.29, 1.82) is 0 Å².